The first kappa shape index (κ1) is 13.2. The Kier molecular flexibility index (Phi) is 4.03. The first-order valence-electron chi connectivity index (χ1n) is 6.38. The van der Waals surface area contributed by atoms with E-state index in [0.29, 0.717) is 18.1 Å². The number of hydrogen-bond donors (Lipinski definition) is 0. The van der Waals surface area contributed by atoms with E-state index in [1.807, 2.05) is 18.2 Å². The molecule has 0 atom stereocenters. The van der Waals surface area contributed by atoms with Gasteiger partial charge >= 0.3 is 0 Å². The molecule has 6 heteroatoms. The molecule has 1 saturated heterocycles. The molecule has 0 saturated carbocycles. The van der Waals surface area contributed by atoms with Crippen molar-refractivity contribution < 1.29 is 13.9 Å². The molecule has 2 aliphatic heterocycles. The molecule has 0 N–H and O–H groups in total. The molecule has 0 unspecified atom stereocenters. The van der Waals surface area contributed by atoms with Gasteiger partial charge < -0.3 is 14.1 Å². The fourth-order valence-electron chi connectivity index (χ4n) is 1.92. The van der Waals surface area contributed by atoms with Gasteiger partial charge in [0.05, 0.1) is 24.4 Å². The van der Waals surface area contributed by atoms with Gasteiger partial charge in [0.2, 0.25) is 0 Å². The summed E-state index contributed by atoms with van der Waals surface area (Å²) in [5.41, 5.74) is 0. The predicted molar refractivity (Wildman–Crippen MR) is 78.3 cm³/mol. The van der Waals surface area contributed by atoms with Crippen molar-refractivity contribution >= 4 is 28.9 Å². The van der Waals surface area contributed by atoms with Gasteiger partial charge in [0.25, 0.3) is 5.91 Å². The molecule has 104 valence electrons. The summed E-state index contributed by atoms with van der Waals surface area (Å²) in [7, 11) is 0. The summed E-state index contributed by atoms with van der Waals surface area (Å²) >= 11 is 1.41. The summed E-state index contributed by atoms with van der Waals surface area (Å²) in [6, 6.07) is 3.68. The van der Waals surface area contributed by atoms with E-state index < -0.39 is 0 Å². The van der Waals surface area contributed by atoms with Crippen molar-refractivity contribution in [3.63, 3.8) is 0 Å². The standard InChI is InChI=1S/C14H14N2O3S/c17-13-12(5-1-3-11-4-2-8-19-11)20-14(15-13)16-6-9-18-10-7-16/h1-5,8H,6-7,9-10H2/b3-1+,12-5-. The largest absolute Gasteiger partial charge is 0.465 e. The average molecular weight is 290 g/mol. The molecular formula is C14H14N2O3S. The summed E-state index contributed by atoms with van der Waals surface area (Å²) in [5.74, 6) is 0.576. The van der Waals surface area contributed by atoms with Crippen molar-refractivity contribution in [2.75, 3.05) is 26.3 Å². The van der Waals surface area contributed by atoms with Gasteiger partial charge in [-0.15, -0.1) is 0 Å². The SMILES string of the molecule is O=C1N=C(N2CCOCC2)S/C1=C\C=C\c1ccco1. The van der Waals surface area contributed by atoms with Gasteiger partial charge in [-0.05, 0) is 36.0 Å². The third kappa shape index (κ3) is 3.02. The lowest BCUT2D eigenvalue weighted by atomic mass is 10.3. The first-order chi connectivity index (χ1) is 9.83. The number of carbonyl (C=O) groups is 1. The van der Waals surface area contributed by atoms with E-state index in [0.717, 1.165) is 24.0 Å². The van der Waals surface area contributed by atoms with Crippen LogP contribution in [0.15, 0.2) is 44.9 Å². The van der Waals surface area contributed by atoms with Gasteiger partial charge in [-0.25, -0.2) is 0 Å². The summed E-state index contributed by atoms with van der Waals surface area (Å²) in [6.07, 6.45) is 7.00. The van der Waals surface area contributed by atoms with Gasteiger partial charge in [0.1, 0.15) is 5.76 Å². The number of amidine groups is 1. The highest BCUT2D eigenvalue weighted by Gasteiger charge is 2.26. The van der Waals surface area contributed by atoms with Crippen molar-refractivity contribution in [1.29, 1.82) is 0 Å². The third-order valence-electron chi connectivity index (χ3n) is 2.94. The maximum atomic E-state index is 11.8. The average Bonchev–Trinajstić information content (AvgIpc) is 3.11. The van der Waals surface area contributed by atoms with Crippen LogP contribution < -0.4 is 0 Å². The van der Waals surface area contributed by atoms with Crippen LogP contribution in [0.3, 0.4) is 0 Å². The van der Waals surface area contributed by atoms with Crippen molar-refractivity contribution in [3.05, 3.63) is 41.2 Å². The number of hydrogen-bond acceptors (Lipinski definition) is 5. The Balaban J connectivity index is 1.64. The highest BCUT2D eigenvalue weighted by Crippen LogP contribution is 2.28. The maximum Gasteiger partial charge on any atom is 0.286 e. The number of carbonyl (C=O) groups excluding carboxylic acids is 1. The van der Waals surface area contributed by atoms with E-state index in [2.05, 4.69) is 9.89 Å². The van der Waals surface area contributed by atoms with Crippen LogP contribution in [0.1, 0.15) is 5.76 Å². The van der Waals surface area contributed by atoms with Gasteiger partial charge in [0, 0.05) is 13.1 Å². The lowest BCUT2D eigenvalue weighted by Crippen LogP contribution is -2.38. The van der Waals surface area contributed by atoms with Crippen molar-refractivity contribution in [3.8, 4) is 0 Å². The summed E-state index contributed by atoms with van der Waals surface area (Å²) in [5, 5.41) is 0.774. The Morgan fingerprint density at radius 1 is 1.35 bits per heavy atom. The highest BCUT2D eigenvalue weighted by atomic mass is 32.2. The Bertz CT molecular complexity index is 569. The minimum atomic E-state index is -0.180. The second kappa shape index (κ2) is 6.11. The Morgan fingerprint density at radius 2 is 2.20 bits per heavy atom. The second-order valence-electron chi connectivity index (χ2n) is 4.31. The molecule has 1 amide bonds. The van der Waals surface area contributed by atoms with E-state index in [4.69, 9.17) is 9.15 Å². The molecule has 5 nitrogen and oxygen atoms in total. The van der Waals surface area contributed by atoms with Crippen LogP contribution in [0.2, 0.25) is 0 Å². The number of furan rings is 1. The smallest absolute Gasteiger partial charge is 0.286 e. The fraction of sp³-hybridized carbons (Fsp3) is 0.286. The number of morpholine rings is 1. The van der Waals surface area contributed by atoms with Gasteiger partial charge in [0.15, 0.2) is 5.17 Å². The summed E-state index contributed by atoms with van der Waals surface area (Å²) < 4.78 is 10.5. The predicted octanol–water partition coefficient (Wildman–Crippen LogP) is 2.14. The molecule has 0 aliphatic carbocycles. The number of thioether (sulfide) groups is 1. The van der Waals surface area contributed by atoms with Crippen LogP contribution in [0.25, 0.3) is 6.08 Å². The van der Waals surface area contributed by atoms with Crippen molar-refractivity contribution in [2.45, 2.75) is 0 Å². The van der Waals surface area contributed by atoms with Crippen LogP contribution in [0, 0.1) is 0 Å². The van der Waals surface area contributed by atoms with Crippen LogP contribution in [0.5, 0.6) is 0 Å². The Labute approximate surface area is 121 Å². The first-order valence-corrected chi connectivity index (χ1v) is 7.20. The molecule has 20 heavy (non-hydrogen) atoms. The zero-order valence-electron chi connectivity index (χ0n) is 10.8. The molecular weight excluding hydrogens is 276 g/mol. The minimum Gasteiger partial charge on any atom is -0.465 e. The fourth-order valence-corrected chi connectivity index (χ4v) is 2.83. The van der Waals surface area contributed by atoms with E-state index in [1.54, 1.807) is 18.4 Å². The topological polar surface area (TPSA) is 55.0 Å². The minimum absolute atomic E-state index is 0.180. The molecule has 0 spiro atoms. The molecule has 1 aromatic heterocycles. The van der Waals surface area contributed by atoms with Crippen molar-refractivity contribution in [1.82, 2.24) is 4.90 Å². The zero-order chi connectivity index (χ0) is 13.8. The monoisotopic (exact) mass is 290 g/mol. The Hall–Kier alpha value is -1.79. The second-order valence-corrected chi connectivity index (χ2v) is 5.32. The van der Waals surface area contributed by atoms with Crippen LogP contribution >= 0.6 is 11.8 Å². The van der Waals surface area contributed by atoms with Gasteiger partial charge in [-0.1, -0.05) is 6.08 Å². The van der Waals surface area contributed by atoms with E-state index in [1.165, 1.54) is 11.8 Å². The van der Waals surface area contributed by atoms with E-state index >= 15 is 0 Å². The maximum absolute atomic E-state index is 11.8. The van der Waals surface area contributed by atoms with Crippen LogP contribution in [-0.2, 0) is 9.53 Å². The van der Waals surface area contributed by atoms with Crippen LogP contribution in [-0.4, -0.2) is 42.3 Å². The van der Waals surface area contributed by atoms with Crippen molar-refractivity contribution in [2.24, 2.45) is 4.99 Å². The lowest BCUT2D eigenvalue weighted by Gasteiger charge is -2.27. The molecule has 2 aliphatic rings. The molecule has 0 bridgehead atoms. The lowest BCUT2D eigenvalue weighted by molar-refractivity contribution is -0.113. The normalized spacial score (nSPS) is 22.0. The summed E-state index contributed by atoms with van der Waals surface area (Å²) in [6.45, 7) is 2.94. The number of amides is 1. The Morgan fingerprint density at radius 3 is 2.95 bits per heavy atom. The summed E-state index contributed by atoms with van der Waals surface area (Å²) in [4.78, 5) is 18.6. The third-order valence-corrected chi connectivity index (χ3v) is 4.00. The number of ether oxygens (including phenoxy) is 1. The van der Waals surface area contributed by atoms with Gasteiger partial charge in [-0.3, -0.25) is 4.79 Å². The van der Waals surface area contributed by atoms with Gasteiger partial charge in [-0.2, -0.15) is 4.99 Å². The number of aliphatic imine (C=N–C) groups is 1. The number of rotatable bonds is 2. The van der Waals surface area contributed by atoms with E-state index in [9.17, 15) is 4.79 Å². The quantitative estimate of drug-likeness (QED) is 0.781. The zero-order valence-corrected chi connectivity index (χ0v) is 11.6. The molecule has 0 radical (unpaired) electrons. The number of allylic oxidation sites excluding steroid dienone is 2. The number of nitrogens with zero attached hydrogens (tertiary/aromatic N) is 2. The van der Waals surface area contributed by atoms with Crippen LogP contribution in [0.4, 0.5) is 0 Å². The molecule has 1 fully saturated rings. The molecule has 0 aromatic carbocycles. The van der Waals surface area contributed by atoms with E-state index in [-0.39, 0.29) is 5.91 Å². The molecule has 3 heterocycles. The molecule has 3 rings (SSSR count). The highest BCUT2D eigenvalue weighted by molar-refractivity contribution is 8.18. The molecule has 1 aromatic rings.